The molecule has 0 aromatic heterocycles. The summed E-state index contributed by atoms with van der Waals surface area (Å²) in [5, 5.41) is 10.5. The van der Waals surface area contributed by atoms with E-state index in [0.29, 0.717) is 18.8 Å². The standard InChI is InChI=1S/C7H12BrNO2/c1-6-2-4-7(8,5-3-6)9(10)11/h6H,2-5H2,1H3. The van der Waals surface area contributed by atoms with E-state index in [-0.39, 0.29) is 4.92 Å². The van der Waals surface area contributed by atoms with Crippen molar-refractivity contribution in [2.24, 2.45) is 5.92 Å². The smallest absolute Gasteiger partial charge is 0.263 e. The predicted molar refractivity (Wildman–Crippen MR) is 46.3 cm³/mol. The summed E-state index contributed by atoms with van der Waals surface area (Å²) >= 11 is 3.19. The van der Waals surface area contributed by atoms with E-state index in [1.54, 1.807) is 0 Å². The molecule has 1 aliphatic rings. The first-order valence-corrected chi connectivity index (χ1v) is 4.67. The second kappa shape index (κ2) is 3.09. The summed E-state index contributed by atoms with van der Waals surface area (Å²) < 4.78 is -0.806. The zero-order chi connectivity index (χ0) is 8.48. The van der Waals surface area contributed by atoms with Gasteiger partial charge in [-0.05, 0) is 18.8 Å². The fourth-order valence-electron chi connectivity index (χ4n) is 1.39. The molecular formula is C7H12BrNO2. The molecule has 0 aliphatic heterocycles. The molecule has 0 aromatic rings. The number of nitro groups is 1. The molecule has 0 amide bonds. The molecule has 0 heterocycles. The van der Waals surface area contributed by atoms with Crippen LogP contribution in [0, 0.1) is 16.0 Å². The molecule has 3 nitrogen and oxygen atoms in total. The average Bonchev–Trinajstić information content (AvgIpc) is 1.95. The molecule has 64 valence electrons. The van der Waals surface area contributed by atoms with Crippen LogP contribution in [0.2, 0.25) is 0 Å². The number of halogens is 1. The summed E-state index contributed by atoms with van der Waals surface area (Å²) in [6, 6.07) is 0. The Balaban J connectivity index is 2.55. The highest BCUT2D eigenvalue weighted by molar-refractivity contribution is 9.10. The second-order valence-electron chi connectivity index (χ2n) is 3.36. The van der Waals surface area contributed by atoms with Gasteiger partial charge in [0.15, 0.2) is 0 Å². The van der Waals surface area contributed by atoms with E-state index in [0.717, 1.165) is 12.8 Å². The molecule has 0 aromatic carbocycles. The molecule has 1 aliphatic carbocycles. The van der Waals surface area contributed by atoms with E-state index in [2.05, 4.69) is 22.9 Å². The lowest BCUT2D eigenvalue weighted by Gasteiger charge is -2.26. The van der Waals surface area contributed by atoms with Crippen molar-refractivity contribution in [3.8, 4) is 0 Å². The maximum absolute atomic E-state index is 10.5. The van der Waals surface area contributed by atoms with Gasteiger partial charge < -0.3 is 0 Å². The Labute approximate surface area is 74.4 Å². The van der Waals surface area contributed by atoms with Crippen LogP contribution in [0.15, 0.2) is 0 Å². The van der Waals surface area contributed by atoms with Crippen molar-refractivity contribution in [1.29, 1.82) is 0 Å². The Morgan fingerprint density at radius 1 is 1.55 bits per heavy atom. The molecule has 4 heteroatoms. The molecule has 1 rings (SSSR count). The van der Waals surface area contributed by atoms with Crippen molar-refractivity contribution in [3.05, 3.63) is 10.1 Å². The van der Waals surface area contributed by atoms with Crippen molar-refractivity contribution in [1.82, 2.24) is 0 Å². The normalized spacial score (nSPS) is 38.5. The van der Waals surface area contributed by atoms with E-state index in [4.69, 9.17) is 0 Å². The van der Waals surface area contributed by atoms with Crippen LogP contribution in [0.5, 0.6) is 0 Å². The third kappa shape index (κ3) is 1.92. The molecule has 0 unspecified atom stereocenters. The van der Waals surface area contributed by atoms with Crippen LogP contribution in [0.1, 0.15) is 32.6 Å². The van der Waals surface area contributed by atoms with Crippen molar-refractivity contribution in [3.63, 3.8) is 0 Å². The average molecular weight is 222 g/mol. The van der Waals surface area contributed by atoms with Gasteiger partial charge in [0.25, 0.3) is 4.45 Å². The van der Waals surface area contributed by atoms with Crippen LogP contribution in [0.4, 0.5) is 0 Å². The van der Waals surface area contributed by atoms with E-state index in [9.17, 15) is 10.1 Å². The molecule has 1 saturated carbocycles. The number of alkyl halides is 1. The summed E-state index contributed by atoms with van der Waals surface area (Å²) in [4.78, 5) is 10.3. The Morgan fingerprint density at radius 2 is 2.00 bits per heavy atom. The predicted octanol–water partition coefficient (Wildman–Crippen LogP) is 2.56. The van der Waals surface area contributed by atoms with Gasteiger partial charge in [-0.1, -0.05) is 6.92 Å². The first-order chi connectivity index (χ1) is 5.04. The minimum Gasteiger partial charge on any atom is -0.263 e. The van der Waals surface area contributed by atoms with E-state index < -0.39 is 4.45 Å². The Kier molecular flexibility index (Phi) is 2.52. The zero-order valence-electron chi connectivity index (χ0n) is 6.55. The summed E-state index contributed by atoms with van der Waals surface area (Å²) in [7, 11) is 0. The molecule has 0 N–H and O–H groups in total. The lowest BCUT2D eigenvalue weighted by Crippen LogP contribution is -2.35. The fourth-order valence-corrected chi connectivity index (χ4v) is 1.84. The van der Waals surface area contributed by atoms with Crippen molar-refractivity contribution in [2.45, 2.75) is 37.1 Å². The number of rotatable bonds is 1. The van der Waals surface area contributed by atoms with Crippen LogP contribution >= 0.6 is 15.9 Å². The van der Waals surface area contributed by atoms with Gasteiger partial charge in [0.05, 0.1) is 0 Å². The lowest BCUT2D eigenvalue weighted by molar-refractivity contribution is -0.540. The first-order valence-electron chi connectivity index (χ1n) is 3.88. The van der Waals surface area contributed by atoms with Crippen LogP contribution in [-0.2, 0) is 0 Å². The van der Waals surface area contributed by atoms with Crippen LogP contribution in [-0.4, -0.2) is 9.37 Å². The van der Waals surface area contributed by atoms with Crippen LogP contribution in [0.3, 0.4) is 0 Å². The largest absolute Gasteiger partial charge is 0.274 e. The van der Waals surface area contributed by atoms with E-state index >= 15 is 0 Å². The molecule has 0 bridgehead atoms. The molecule has 0 saturated heterocycles. The molecule has 0 spiro atoms. The number of nitrogens with zero attached hydrogens (tertiary/aromatic N) is 1. The van der Waals surface area contributed by atoms with Gasteiger partial charge in [0.2, 0.25) is 0 Å². The highest BCUT2D eigenvalue weighted by Gasteiger charge is 2.42. The van der Waals surface area contributed by atoms with E-state index in [1.165, 1.54) is 0 Å². The third-order valence-corrected chi connectivity index (χ3v) is 3.45. The summed E-state index contributed by atoms with van der Waals surface area (Å²) in [6.07, 6.45) is 3.26. The molecule has 1 fully saturated rings. The van der Waals surface area contributed by atoms with Crippen molar-refractivity contribution >= 4 is 15.9 Å². The van der Waals surface area contributed by atoms with Crippen LogP contribution in [0.25, 0.3) is 0 Å². The number of hydrogen-bond donors (Lipinski definition) is 0. The van der Waals surface area contributed by atoms with E-state index in [1.807, 2.05) is 0 Å². The second-order valence-corrected chi connectivity index (χ2v) is 4.83. The van der Waals surface area contributed by atoms with Crippen molar-refractivity contribution < 1.29 is 4.92 Å². The minimum atomic E-state index is -0.806. The van der Waals surface area contributed by atoms with Gasteiger partial charge in [-0.15, -0.1) is 0 Å². The summed E-state index contributed by atoms with van der Waals surface area (Å²) in [5.74, 6) is 0.653. The van der Waals surface area contributed by atoms with Gasteiger partial charge in [0.1, 0.15) is 0 Å². The van der Waals surface area contributed by atoms with Gasteiger partial charge >= 0.3 is 0 Å². The molecular weight excluding hydrogens is 210 g/mol. The van der Waals surface area contributed by atoms with Crippen LogP contribution < -0.4 is 0 Å². The van der Waals surface area contributed by atoms with Gasteiger partial charge in [-0.2, -0.15) is 0 Å². The Hall–Kier alpha value is -0.120. The zero-order valence-corrected chi connectivity index (χ0v) is 8.13. The molecule has 0 atom stereocenters. The van der Waals surface area contributed by atoms with Gasteiger partial charge in [-0.3, -0.25) is 10.1 Å². The maximum atomic E-state index is 10.5. The topological polar surface area (TPSA) is 43.1 Å². The first kappa shape index (κ1) is 8.97. The van der Waals surface area contributed by atoms with Gasteiger partial charge in [0, 0.05) is 33.7 Å². The Bertz CT molecular complexity index is 164. The molecule has 11 heavy (non-hydrogen) atoms. The Morgan fingerprint density at radius 3 is 2.36 bits per heavy atom. The quantitative estimate of drug-likeness (QED) is 0.296. The fraction of sp³-hybridized carbons (Fsp3) is 1.00. The van der Waals surface area contributed by atoms with Gasteiger partial charge in [-0.25, -0.2) is 0 Å². The SMILES string of the molecule is CC1CCC(Br)([N+](=O)[O-])CC1. The minimum absolute atomic E-state index is 0.196. The van der Waals surface area contributed by atoms with Crippen molar-refractivity contribution in [2.75, 3.05) is 0 Å². The maximum Gasteiger partial charge on any atom is 0.274 e. The lowest BCUT2D eigenvalue weighted by atomic mass is 9.88. The highest BCUT2D eigenvalue weighted by atomic mass is 79.9. The number of hydrogen-bond acceptors (Lipinski definition) is 2. The summed E-state index contributed by atoms with van der Waals surface area (Å²) in [5.41, 5.74) is 0. The third-order valence-electron chi connectivity index (χ3n) is 2.37. The highest BCUT2D eigenvalue weighted by Crippen LogP contribution is 2.38. The monoisotopic (exact) mass is 221 g/mol. The summed E-state index contributed by atoms with van der Waals surface area (Å²) in [6.45, 7) is 2.15. The molecule has 0 radical (unpaired) electrons.